The maximum atomic E-state index is 13.7. The smallest absolute Gasteiger partial charge is 0.261 e. The summed E-state index contributed by atoms with van der Waals surface area (Å²) in [5.74, 6) is -0.453. The van der Waals surface area contributed by atoms with Gasteiger partial charge in [0, 0.05) is 5.69 Å². The lowest BCUT2D eigenvalue weighted by atomic mass is 10.1. The SMILES string of the molecule is COc1ccc(NS(=O)(=O)c2ccc3oc(SCC(=O)c4ccccc4F)nc3c2)cc1. The Kier molecular flexibility index (Phi) is 6.15. The van der Waals surface area contributed by atoms with Gasteiger partial charge in [0.25, 0.3) is 15.2 Å². The number of ketones is 1. The summed E-state index contributed by atoms with van der Waals surface area (Å²) in [4.78, 5) is 16.5. The van der Waals surface area contributed by atoms with E-state index in [2.05, 4.69) is 9.71 Å². The van der Waals surface area contributed by atoms with Crippen molar-refractivity contribution in [3.05, 3.63) is 78.1 Å². The van der Waals surface area contributed by atoms with E-state index >= 15 is 0 Å². The van der Waals surface area contributed by atoms with E-state index in [4.69, 9.17) is 9.15 Å². The van der Waals surface area contributed by atoms with E-state index in [-0.39, 0.29) is 21.4 Å². The number of rotatable bonds is 8. The van der Waals surface area contributed by atoms with E-state index in [1.807, 2.05) is 0 Å². The molecule has 0 atom stereocenters. The maximum Gasteiger partial charge on any atom is 0.261 e. The summed E-state index contributed by atoms with van der Waals surface area (Å²) in [6.45, 7) is 0. The Morgan fingerprint density at radius 1 is 1.12 bits per heavy atom. The number of sulfonamides is 1. The molecule has 3 aromatic carbocycles. The van der Waals surface area contributed by atoms with Crippen LogP contribution in [-0.4, -0.2) is 32.0 Å². The standard InChI is InChI=1S/C22H17FN2O5S2/c1-29-15-8-6-14(7-9-15)25-32(27,28)16-10-11-21-19(12-16)24-22(30-21)31-13-20(26)17-4-2-3-5-18(17)23/h2-12,25H,13H2,1H3. The number of halogens is 1. The topological polar surface area (TPSA) is 98.5 Å². The number of carbonyl (C=O) groups excluding carboxylic acids is 1. The third kappa shape index (κ3) is 4.76. The minimum atomic E-state index is -3.86. The Morgan fingerprint density at radius 2 is 1.88 bits per heavy atom. The number of ether oxygens (including phenoxy) is 1. The highest BCUT2D eigenvalue weighted by Gasteiger charge is 2.18. The molecule has 0 radical (unpaired) electrons. The molecule has 0 aliphatic heterocycles. The Labute approximate surface area is 187 Å². The molecule has 0 aliphatic rings. The first kappa shape index (κ1) is 21.8. The number of benzene rings is 3. The monoisotopic (exact) mass is 472 g/mol. The highest BCUT2D eigenvalue weighted by molar-refractivity contribution is 7.99. The van der Waals surface area contributed by atoms with Gasteiger partial charge in [0.2, 0.25) is 0 Å². The number of nitrogens with zero attached hydrogens (tertiary/aromatic N) is 1. The molecule has 4 aromatic rings. The lowest BCUT2D eigenvalue weighted by molar-refractivity contribution is 0.101. The third-order valence-electron chi connectivity index (χ3n) is 4.49. The van der Waals surface area contributed by atoms with Gasteiger partial charge in [-0.25, -0.2) is 17.8 Å². The summed E-state index contributed by atoms with van der Waals surface area (Å²) in [5.41, 5.74) is 1.07. The lowest BCUT2D eigenvalue weighted by Gasteiger charge is -2.08. The van der Waals surface area contributed by atoms with Crippen LogP contribution in [0.15, 0.2) is 81.3 Å². The fourth-order valence-corrected chi connectivity index (χ4v) is 4.68. The zero-order valence-corrected chi connectivity index (χ0v) is 18.4. The molecule has 1 N–H and O–H groups in total. The summed E-state index contributed by atoms with van der Waals surface area (Å²) < 4.78 is 52.3. The molecule has 1 aromatic heterocycles. The number of anilines is 1. The number of Topliss-reactive ketones (excluding diaryl/α,β-unsaturated/α-hetero) is 1. The summed E-state index contributed by atoms with van der Waals surface area (Å²) >= 11 is 1.01. The summed E-state index contributed by atoms with van der Waals surface area (Å²) in [7, 11) is -2.33. The van der Waals surface area contributed by atoms with Gasteiger partial charge >= 0.3 is 0 Å². The van der Waals surface area contributed by atoms with Crippen molar-refractivity contribution < 1.29 is 26.8 Å². The predicted octanol–water partition coefficient (Wildman–Crippen LogP) is 4.75. The van der Waals surface area contributed by atoms with Crippen molar-refractivity contribution in [2.24, 2.45) is 0 Å². The van der Waals surface area contributed by atoms with Crippen molar-refractivity contribution in [1.82, 2.24) is 4.98 Å². The quantitative estimate of drug-likeness (QED) is 0.292. The molecule has 0 aliphatic carbocycles. The van der Waals surface area contributed by atoms with Crippen molar-refractivity contribution in [3.63, 3.8) is 0 Å². The highest BCUT2D eigenvalue weighted by atomic mass is 32.2. The number of aromatic nitrogens is 1. The molecule has 10 heteroatoms. The van der Waals surface area contributed by atoms with Crippen LogP contribution in [0.4, 0.5) is 10.1 Å². The van der Waals surface area contributed by atoms with Crippen molar-refractivity contribution in [1.29, 1.82) is 0 Å². The van der Waals surface area contributed by atoms with E-state index in [1.165, 1.54) is 43.5 Å². The first-order valence-electron chi connectivity index (χ1n) is 9.34. The molecule has 0 spiro atoms. The van der Waals surface area contributed by atoms with E-state index in [9.17, 15) is 17.6 Å². The van der Waals surface area contributed by atoms with Crippen LogP contribution >= 0.6 is 11.8 Å². The largest absolute Gasteiger partial charge is 0.497 e. The van der Waals surface area contributed by atoms with E-state index in [1.54, 1.807) is 30.3 Å². The van der Waals surface area contributed by atoms with Gasteiger partial charge in [-0.15, -0.1) is 0 Å². The van der Waals surface area contributed by atoms with Crippen LogP contribution < -0.4 is 9.46 Å². The third-order valence-corrected chi connectivity index (χ3v) is 6.70. The van der Waals surface area contributed by atoms with Gasteiger partial charge in [-0.2, -0.15) is 0 Å². The zero-order chi connectivity index (χ0) is 22.7. The highest BCUT2D eigenvalue weighted by Crippen LogP contribution is 2.27. The maximum absolute atomic E-state index is 13.7. The lowest BCUT2D eigenvalue weighted by Crippen LogP contribution is -2.12. The van der Waals surface area contributed by atoms with E-state index in [0.29, 0.717) is 22.5 Å². The first-order valence-corrected chi connectivity index (χ1v) is 11.8. The zero-order valence-electron chi connectivity index (χ0n) is 16.7. The van der Waals surface area contributed by atoms with Crippen LogP contribution in [0, 0.1) is 5.82 Å². The van der Waals surface area contributed by atoms with Crippen LogP contribution in [0.25, 0.3) is 11.1 Å². The Balaban J connectivity index is 1.49. The fourth-order valence-electron chi connectivity index (χ4n) is 2.88. The van der Waals surface area contributed by atoms with Crippen molar-refractivity contribution in [2.75, 3.05) is 17.6 Å². The van der Waals surface area contributed by atoms with Gasteiger partial charge < -0.3 is 9.15 Å². The average Bonchev–Trinajstić information content (AvgIpc) is 3.20. The molecule has 164 valence electrons. The molecule has 7 nitrogen and oxygen atoms in total. The van der Waals surface area contributed by atoms with Crippen LogP contribution in [0.1, 0.15) is 10.4 Å². The Morgan fingerprint density at radius 3 is 2.59 bits per heavy atom. The molecule has 0 fully saturated rings. The number of hydrogen-bond acceptors (Lipinski definition) is 7. The number of hydrogen-bond donors (Lipinski definition) is 1. The number of thioether (sulfide) groups is 1. The Hall–Kier alpha value is -3.37. The van der Waals surface area contributed by atoms with Crippen LogP contribution in [0.2, 0.25) is 0 Å². The van der Waals surface area contributed by atoms with Gasteiger partial charge in [0.05, 0.1) is 23.3 Å². The summed E-state index contributed by atoms with van der Waals surface area (Å²) in [5, 5.41) is 0.183. The number of oxazole rings is 1. The van der Waals surface area contributed by atoms with Crippen molar-refractivity contribution in [2.45, 2.75) is 10.1 Å². The van der Waals surface area contributed by atoms with Crippen molar-refractivity contribution in [3.8, 4) is 5.75 Å². The van der Waals surface area contributed by atoms with Crippen molar-refractivity contribution >= 4 is 44.4 Å². The van der Waals surface area contributed by atoms with Crippen LogP contribution in [0.5, 0.6) is 5.75 Å². The molecule has 1 heterocycles. The molecule has 0 unspecified atom stereocenters. The second-order valence-corrected chi connectivity index (χ2v) is 9.24. The molecule has 0 bridgehead atoms. The van der Waals surface area contributed by atoms with Gasteiger partial charge in [0.15, 0.2) is 11.4 Å². The van der Waals surface area contributed by atoms with Crippen LogP contribution in [0.3, 0.4) is 0 Å². The van der Waals surface area contributed by atoms with Gasteiger partial charge in [-0.05, 0) is 54.6 Å². The molecular weight excluding hydrogens is 455 g/mol. The normalized spacial score (nSPS) is 11.4. The van der Waals surface area contributed by atoms with Gasteiger partial charge in [-0.1, -0.05) is 23.9 Å². The number of methoxy groups -OCH3 is 1. The minimum Gasteiger partial charge on any atom is -0.497 e. The molecule has 0 saturated heterocycles. The predicted molar refractivity (Wildman–Crippen MR) is 119 cm³/mol. The first-order chi connectivity index (χ1) is 15.4. The van der Waals surface area contributed by atoms with Gasteiger partial charge in [0.1, 0.15) is 17.1 Å². The fraction of sp³-hybridized carbons (Fsp3) is 0.0909. The minimum absolute atomic E-state index is 0.00547. The summed E-state index contributed by atoms with van der Waals surface area (Å²) in [6.07, 6.45) is 0. The van der Waals surface area contributed by atoms with E-state index < -0.39 is 21.6 Å². The number of nitrogens with one attached hydrogen (secondary N) is 1. The van der Waals surface area contributed by atoms with E-state index in [0.717, 1.165) is 11.8 Å². The molecule has 32 heavy (non-hydrogen) atoms. The molecule has 0 saturated carbocycles. The second-order valence-electron chi connectivity index (χ2n) is 6.64. The number of fused-ring (bicyclic) bond motifs is 1. The molecule has 4 rings (SSSR count). The van der Waals surface area contributed by atoms with Gasteiger partial charge in [-0.3, -0.25) is 9.52 Å². The second kappa shape index (κ2) is 9.01. The summed E-state index contributed by atoms with van der Waals surface area (Å²) in [6, 6.07) is 16.5. The number of carbonyl (C=O) groups is 1. The average molecular weight is 473 g/mol. The Bertz CT molecular complexity index is 1390. The molecule has 0 amide bonds. The van der Waals surface area contributed by atoms with Crippen LogP contribution in [-0.2, 0) is 10.0 Å². The molecular formula is C22H17FN2O5S2.